The summed E-state index contributed by atoms with van der Waals surface area (Å²) < 4.78 is 5.99. The average Bonchev–Trinajstić information content (AvgIpc) is 3.09. The van der Waals surface area contributed by atoms with E-state index in [-0.39, 0.29) is 36.2 Å². The van der Waals surface area contributed by atoms with E-state index < -0.39 is 0 Å². The van der Waals surface area contributed by atoms with Gasteiger partial charge in [0.1, 0.15) is 0 Å². The lowest BCUT2D eigenvalue weighted by atomic mass is 9.89. The molecule has 5 heteroatoms. The first-order valence-electron chi connectivity index (χ1n) is 8.19. The Morgan fingerprint density at radius 2 is 2.10 bits per heavy atom. The fraction of sp³-hybridized carbons (Fsp3) is 0.812. The molecular formula is C16H26N2O3. The molecule has 1 unspecified atom stereocenters. The largest absolute Gasteiger partial charge is 0.396 e. The number of aliphatic hydroxyl groups excluding tert-OH is 1. The highest BCUT2D eigenvalue weighted by atomic mass is 16.5. The first kappa shape index (κ1) is 14.9. The predicted molar refractivity (Wildman–Crippen MR) is 80.0 cm³/mol. The Labute approximate surface area is 126 Å². The van der Waals surface area contributed by atoms with Crippen molar-refractivity contribution in [1.29, 1.82) is 0 Å². The van der Waals surface area contributed by atoms with E-state index in [1.807, 2.05) is 12.2 Å². The first-order valence-corrected chi connectivity index (χ1v) is 8.19. The van der Waals surface area contributed by atoms with E-state index in [1.165, 1.54) is 12.8 Å². The first-order chi connectivity index (χ1) is 10.2. The van der Waals surface area contributed by atoms with Crippen LogP contribution in [-0.4, -0.2) is 42.0 Å². The summed E-state index contributed by atoms with van der Waals surface area (Å²) in [6.07, 6.45) is 11.3. The van der Waals surface area contributed by atoms with Gasteiger partial charge in [-0.25, -0.2) is 4.79 Å². The van der Waals surface area contributed by atoms with Gasteiger partial charge in [-0.3, -0.25) is 0 Å². The number of ether oxygens (including phenoxy) is 1. The minimum Gasteiger partial charge on any atom is -0.396 e. The van der Waals surface area contributed by atoms with Crippen LogP contribution in [0.4, 0.5) is 4.79 Å². The molecule has 0 aromatic heterocycles. The molecule has 118 valence electrons. The van der Waals surface area contributed by atoms with Crippen LogP contribution in [0.1, 0.15) is 44.9 Å². The summed E-state index contributed by atoms with van der Waals surface area (Å²) in [5.41, 5.74) is 0.0332. The van der Waals surface area contributed by atoms with Crippen molar-refractivity contribution in [2.75, 3.05) is 13.2 Å². The summed E-state index contributed by atoms with van der Waals surface area (Å²) >= 11 is 0. The number of carbonyl (C=O) groups is 1. The minimum absolute atomic E-state index is 0.0332. The summed E-state index contributed by atoms with van der Waals surface area (Å²) in [7, 11) is 0. The fourth-order valence-corrected chi connectivity index (χ4v) is 3.93. The van der Waals surface area contributed by atoms with Gasteiger partial charge in [0, 0.05) is 31.2 Å². The lowest BCUT2D eigenvalue weighted by Crippen LogP contribution is -2.51. The van der Waals surface area contributed by atoms with E-state index in [4.69, 9.17) is 9.84 Å². The molecule has 3 aliphatic rings. The third kappa shape index (κ3) is 3.58. The molecule has 3 rings (SSSR count). The van der Waals surface area contributed by atoms with Gasteiger partial charge >= 0.3 is 6.03 Å². The maximum Gasteiger partial charge on any atom is 0.315 e. The van der Waals surface area contributed by atoms with Crippen molar-refractivity contribution in [1.82, 2.24) is 10.6 Å². The third-order valence-electron chi connectivity index (χ3n) is 5.07. The van der Waals surface area contributed by atoms with Crippen LogP contribution < -0.4 is 10.6 Å². The van der Waals surface area contributed by atoms with Gasteiger partial charge in [-0.2, -0.15) is 0 Å². The van der Waals surface area contributed by atoms with Crippen molar-refractivity contribution in [2.24, 2.45) is 5.92 Å². The topological polar surface area (TPSA) is 70.6 Å². The molecular weight excluding hydrogens is 268 g/mol. The van der Waals surface area contributed by atoms with Crippen LogP contribution in [0.2, 0.25) is 0 Å². The molecule has 1 saturated heterocycles. The number of carbonyl (C=O) groups excluding carboxylic acids is 1. The second-order valence-corrected chi connectivity index (χ2v) is 6.72. The zero-order valence-electron chi connectivity index (χ0n) is 12.5. The Morgan fingerprint density at radius 1 is 1.29 bits per heavy atom. The Kier molecular flexibility index (Phi) is 4.50. The number of amides is 2. The molecule has 3 atom stereocenters. The molecule has 1 saturated carbocycles. The van der Waals surface area contributed by atoms with E-state index in [2.05, 4.69) is 10.6 Å². The van der Waals surface area contributed by atoms with Gasteiger partial charge in [-0.15, -0.1) is 0 Å². The highest BCUT2D eigenvalue weighted by Crippen LogP contribution is 2.39. The zero-order valence-corrected chi connectivity index (χ0v) is 12.5. The quantitative estimate of drug-likeness (QED) is 0.694. The van der Waals surface area contributed by atoms with Gasteiger partial charge in [0.15, 0.2) is 0 Å². The van der Waals surface area contributed by atoms with E-state index in [0.717, 1.165) is 38.7 Å². The Morgan fingerprint density at radius 3 is 2.81 bits per heavy atom. The Bertz CT molecular complexity index is 404. The summed E-state index contributed by atoms with van der Waals surface area (Å²) in [5, 5.41) is 15.2. The summed E-state index contributed by atoms with van der Waals surface area (Å²) in [4.78, 5) is 12.1. The van der Waals surface area contributed by atoms with Crippen molar-refractivity contribution in [3.8, 4) is 0 Å². The molecule has 2 fully saturated rings. The Balaban J connectivity index is 1.45. The highest BCUT2D eigenvalue weighted by Gasteiger charge is 2.40. The molecule has 0 radical (unpaired) electrons. The highest BCUT2D eigenvalue weighted by molar-refractivity contribution is 5.75. The number of hydrogen-bond acceptors (Lipinski definition) is 3. The van der Waals surface area contributed by atoms with Gasteiger partial charge in [-0.1, -0.05) is 25.0 Å². The maximum atomic E-state index is 12.1. The molecule has 2 aliphatic carbocycles. The molecule has 0 bridgehead atoms. The molecule has 3 N–H and O–H groups in total. The van der Waals surface area contributed by atoms with Crippen LogP contribution in [0.3, 0.4) is 0 Å². The predicted octanol–water partition coefficient (Wildman–Crippen LogP) is 1.71. The average molecular weight is 294 g/mol. The second-order valence-electron chi connectivity index (χ2n) is 6.72. The smallest absolute Gasteiger partial charge is 0.315 e. The van der Waals surface area contributed by atoms with Crippen molar-refractivity contribution in [2.45, 2.75) is 62.6 Å². The maximum absolute atomic E-state index is 12.1. The summed E-state index contributed by atoms with van der Waals surface area (Å²) in [6, 6.07) is 0.168. The summed E-state index contributed by atoms with van der Waals surface area (Å²) in [5.74, 6) is 0.181. The van der Waals surface area contributed by atoms with E-state index in [9.17, 15) is 4.79 Å². The van der Waals surface area contributed by atoms with Gasteiger partial charge in [0.05, 0.1) is 5.60 Å². The SMILES string of the molecule is O=C(NC1CCOC2(CCCC2)C1)N[C@@H]1C=C[C@H](CO)C1. The number of aliphatic hydroxyl groups is 1. The molecule has 0 aromatic carbocycles. The van der Waals surface area contributed by atoms with E-state index >= 15 is 0 Å². The molecule has 21 heavy (non-hydrogen) atoms. The van der Waals surface area contributed by atoms with Crippen LogP contribution >= 0.6 is 0 Å². The number of rotatable bonds is 3. The van der Waals surface area contributed by atoms with Gasteiger partial charge in [-0.05, 0) is 32.1 Å². The monoisotopic (exact) mass is 294 g/mol. The lowest BCUT2D eigenvalue weighted by molar-refractivity contribution is -0.0820. The van der Waals surface area contributed by atoms with Gasteiger partial charge < -0.3 is 20.5 Å². The normalized spacial score (nSPS) is 34.2. The minimum atomic E-state index is -0.0942. The number of urea groups is 1. The number of hydrogen-bond donors (Lipinski definition) is 3. The Hall–Kier alpha value is -1.07. The molecule has 1 heterocycles. The lowest BCUT2D eigenvalue weighted by Gasteiger charge is -2.38. The summed E-state index contributed by atoms with van der Waals surface area (Å²) in [6.45, 7) is 0.902. The molecule has 5 nitrogen and oxygen atoms in total. The molecule has 1 spiro atoms. The zero-order chi connectivity index (χ0) is 14.7. The van der Waals surface area contributed by atoms with E-state index in [0.29, 0.717) is 0 Å². The molecule has 2 amide bonds. The van der Waals surface area contributed by atoms with Gasteiger partial charge in [0.25, 0.3) is 0 Å². The molecule has 1 aliphatic heterocycles. The van der Waals surface area contributed by atoms with Crippen molar-refractivity contribution in [3.63, 3.8) is 0 Å². The second kappa shape index (κ2) is 6.36. The van der Waals surface area contributed by atoms with E-state index in [1.54, 1.807) is 0 Å². The van der Waals surface area contributed by atoms with Crippen LogP contribution in [0.5, 0.6) is 0 Å². The fourth-order valence-electron chi connectivity index (χ4n) is 3.93. The van der Waals surface area contributed by atoms with Crippen LogP contribution in [0.25, 0.3) is 0 Å². The van der Waals surface area contributed by atoms with Crippen molar-refractivity contribution < 1.29 is 14.6 Å². The third-order valence-corrected chi connectivity index (χ3v) is 5.07. The van der Waals surface area contributed by atoms with Crippen LogP contribution in [-0.2, 0) is 4.74 Å². The van der Waals surface area contributed by atoms with Gasteiger partial charge in [0.2, 0.25) is 0 Å². The van der Waals surface area contributed by atoms with Crippen molar-refractivity contribution in [3.05, 3.63) is 12.2 Å². The van der Waals surface area contributed by atoms with Crippen molar-refractivity contribution >= 4 is 6.03 Å². The van der Waals surface area contributed by atoms with Crippen LogP contribution in [0.15, 0.2) is 12.2 Å². The number of nitrogens with one attached hydrogen (secondary N) is 2. The standard InChI is InChI=1S/C16H26N2O3/c19-11-12-3-4-13(9-12)17-15(20)18-14-5-8-21-16(10-14)6-1-2-7-16/h3-4,12-14,19H,1-2,5-11H2,(H2,17,18,20)/t12-,13+,14?/m0/s1. The van der Waals surface area contributed by atoms with Crippen LogP contribution in [0, 0.1) is 5.92 Å². The molecule has 0 aromatic rings.